The van der Waals surface area contributed by atoms with Gasteiger partial charge in [0.05, 0.1) is 38.6 Å². The van der Waals surface area contributed by atoms with E-state index in [9.17, 15) is 50.8 Å². The van der Waals surface area contributed by atoms with Crippen LogP contribution in [0.4, 0.5) is 0 Å². The lowest BCUT2D eigenvalue weighted by Gasteiger charge is -2.46. The Morgan fingerprint density at radius 2 is 1.47 bits per heavy atom. The van der Waals surface area contributed by atoms with Crippen LogP contribution in [0.25, 0.3) is 0 Å². The van der Waals surface area contributed by atoms with E-state index < -0.39 is 105 Å². The molecule has 0 saturated carbocycles. The Hall–Kier alpha value is -3.21. The third-order valence-electron chi connectivity index (χ3n) is 8.86. The van der Waals surface area contributed by atoms with Gasteiger partial charge in [-0.3, -0.25) is 0 Å². The Labute approximate surface area is 291 Å². The highest BCUT2D eigenvalue weighted by Gasteiger charge is 2.51. The van der Waals surface area contributed by atoms with E-state index in [1.54, 1.807) is 12.1 Å². The molecule has 51 heavy (non-hydrogen) atoms. The van der Waals surface area contributed by atoms with E-state index in [1.165, 1.54) is 44.4 Å². The third kappa shape index (κ3) is 9.06. The number of phenolic OH excluding ortho intramolecular Hbond substituents is 2. The molecule has 9 N–H and O–H groups in total. The largest absolute Gasteiger partial charge is 0.508 e. The van der Waals surface area contributed by atoms with Gasteiger partial charge in [-0.1, -0.05) is 12.1 Å². The summed E-state index contributed by atoms with van der Waals surface area (Å²) in [7, 11) is 1.29. The molecule has 5 rings (SSSR count). The van der Waals surface area contributed by atoms with E-state index in [2.05, 4.69) is 0 Å². The van der Waals surface area contributed by atoms with Crippen molar-refractivity contribution in [2.75, 3.05) is 26.9 Å². The van der Waals surface area contributed by atoms with Crippen molar-refractivity contribution in [1.82, 2.24) is 0 Å². The molecule has 0 bridgehead atoms. The van der Waals surface area contributed by atoms with Crippen LogP contribution < -0.4 is 4.74 Å². The standard InChI is InChI=1S/C33H44O18/c1-14-28(50-30(43)16-5-8-18(35)20(11-16)44-2)29(51-32-25(40)22(37)19(36)12-46-32)27(42)33(48-14)47-13-21-23(38)24(39)26(41)31(49-21)45-10-9-15-3-6-17(34)7-4-15/h3-8,11,14,19,21-29,31-42H,9-10,12-13H2,1-2H3/t14-,19+,21+,22-,23+,24-,25+,26+,27+,28-,29-,31+,32-,33+/m0/s1. The van der Waals surface area contributed by atoms with Crippen LogP contribution in [-0.4, -0.2) is 165 Å². The first-order valence-electron chi connectivity index (χ1n) is 16.2. The maximum Gasteiger partial charge on any atom is 0.338 e. The third-order valence-corrected chi connectivity index (χ3v) is 8.86. The summed E-state index contributed by atoms with van der Waals surface area (Å²) in [6.45, 7) is 0.560. The molecule has 0 amide bonds. The van der Waals surface area contributed by atoms with Crippen molar-refractivity contribution >= 4 is 5.97 Å². The lowest BCUT2D eigenvalue weighted by atomic mass is 9.97. The number of aliphatic hydroxyl groups excluding tert-OH is 7. The summed E-state index contributed by atoms with van der Waals surface area (Å²) in [6.07, 6.45) is -21.1. The maximum absolute atomic E-state index is 13.2. The molecule has 14 atom stereocenters. The van der Waals surface area contributed by atoms with Crippen LogP contribution in [0.2, 0.25) is 0 Å². The molecule has 284 valence electrons. The van der Waals surface area contributed by atoms with E-state index >= 15 is 0 Å². The van der Waals surface area contributed by atoms with Crippen LogP contribution in [0.3, 0.4) is 0 Å². The predicted molar refractivity (Wildman–Crippen MR) is 167 cm³/mol. The van der Waals surface area contributed by atoms with Crippen molar-refractivity contribution in [3.05, 3.63) is 53.6 Å². The van der Waals surface area contributed by atoms with Gasteiger partial charge in [-0.05, 0) is 49.2 Å². The van der Waals surface area contributed by atoms with Gasteiger partial charge in [0, 0.05) is 0 Å². The van der Waals surface area contributed by atoms with Crippen molar-refractivity contribution in [2.24, 2.45) is 0 Å². The summed E-state index contributed by atoms with van der Waals surface area (Å²) in [5.74, 6) is -1.09. The number of esters is 1. The zero-order valence-corrected chi connectivity index (χ0v) is 27.7. The fourth-order valence-corrected chi connectivity index (χ4v) is 5.83. The number of benzene rings is 2. The first-order chi connectivity index (χ1) is 24.3. The van der Waals surface area contributed by atoms with Crippen molar-refractivity contribution in [3.63, 3.8) is 0 Å². The zero-order chi connectivity index (χ0) is 37.0. The summed E-state index contributed by atoms with van der Waals surface area (Å²) in [4.78, 5) is 13.2. The van der Waals surface area contributed by atoms with E-state index in [4.69, 9.17) is 37.9 Å². The van der Waals surface area contributed by atoms with E-state index in [0.717, 1.165) is 5.56 Å². The topological polar surface area (TPSA) is 273 Å². The number of aliphatic hydroxyl groups is 7. The van der Waals surface area contributed by atoms with Crippen LogP contribution in [-0.2, 0) is 39.6 Å². The second kappa shape index (κ2) is 17.1. The second-order valence-corrected chi connectivity index (χ2v) is 12.4. The van der Waals surface area contributed by atoms with Crippen LogP contribution >= 0.6 is 0 Å². The van der Waals surface area contributed by atoms with Crippen molar-refractivity contribution < 1.29 is 88.6 Å². The molecule has 0 spiro atoms. The van der Waals surface area contributed by atoms with Gasteiger partial charge in [0.1, 0.15) is 60.7 Å². The molecule has 2 aromatic carbocycles. The number of carbonyl (C=O) groups is 1. The lowest BCUT2D eigenvalue weighted by Crippen LogP contribution is -2.64. The minimum atomic E-state index is -1.79. The molecule has 0 aromatic heterocycles. The number of carbonyl (C=O) groups excluding carboxylic acids is 1. The Bertz CT molecular complexity index is 1430. The molecule has 0 radical (unpaired) electrons. The fraction of sp³-hybridized carbons (Fsp3) is 0.606. The average Bonchev–Trinajstić information content (AvgIpc) is 3.11. The predicted octanol–water partition coefficient (Wildman–Crippen LogP) is -2.35. The molecule has 18 heteroatoms. The molecular formula is C33H44O18. The molecule has 3 fully saturated rings. The average molecular weight is 729 g/mol. The molecular weight excluding hydrogens is 684 g/mol. The number of phenols is 2. The van der Waals surface area contributed by atoms with Gasteiger partial charge in [-0.15, -0.1) is 0 Å². The van der Waals surface area contributed by atoms with Gasteiger partial charge < -0.3 is 83.9 Å². The Morgan fingerprint density at radius 3 is 2.18 bits per heavy atom. The summed E-state index contributed by atoms with van der Waals surface area (Å²) >= 11 is 0. The van der Waals surface area contributed by atoms with Gasteiger partial charge in [-0.2, -0.15) is 0 Å². The van der Waals surface area contributed by atoms with Crippen molar-refractivity contribution in [3.8, 4) is 17.2 Å². The molecule has 0 unspecified atom stereocenters. The zero-order valence-electron chi connectivity index (χ0n) is 27.7. The number of methoxy groups -OCH3 is 1. The molecule has 18 nitrogen and oxygen atoms in total. The smallest absolute Gasteiger partial charge is 0.338 e. The fourth-order valence-electron chi connectivity index (χ4n) is 5.83. The molecule has 3 aliphatic rings. The summed E-state index contributed by atoms with van der Waals surface area (Å²) < 4.78 is 44.9. The highest BCUT2D eigenvalue weighted by Crippen LogP contribution is 2.33. The first-order valence-corrected chi connectivity index (χ1v) is 16.2. The summed E-state index contributed by atoms with van der Waals surface area (Å²) in [6, 6.07) is 10.1. The molecule has 3 saturated heterocycles. The monoisotopic (exact) mass is 728 g/mol. The van der Waals surface area contributed by atoms with Gasteiger partial charge in [0.2, 0.25) is 0 Å². The lowest BCUT2D eigenvalue weighted by molar-refractivity contribution is -0.353. The Morgan fingerprint density at radius 1 is 0.784 bits per heavy atom. The Kier molecular flexibility index (Phi) is 13.1. The van der Waals surface area contributed by atoms with Gasteiger partial charge in [-0.25, -0.2) is 4.79 Å². The molecule has 3 heterocycles. The molecule has 3 aliphatic heterocycles. The molecule has 2 aromatic rings. The quantitative estimate of drug-likeness (QED) is 0.103. The minimum absolute atomic E-state index is 0.0142. The normalized spacial score (nSPS) is 37.1. The van der Waals surface area contributed by atoms with Crippen LogP contribution in [0.1, 0.15) is 22.8 Å². The summed E-state index contributed by atoms with van der Waals surface area (Å²) in [5.41, 5.74) is 0.775. The number of hydrogen-bond donors (Lipinski definition) is 9. The van der Waals surface area contributed by atoms with Crippen LogP contribution in [0.15, 0.2) is 42.5 Å². The highest BCUT2D eigenvalue weighted by molar-refractivity contribution is 5.90. The first kappa shape index (κ1) is 39.0. The minimum Gasteiger partial charge on any atom is -0.508 e. The SMILES string of the molecule is COc1cc(C(=O)O[C@@H]2[C@@H](O[C@@H]3OC[C@@H](O)[C@H](O)[C@H]3O)[C@@H](O)[C@H](OC[C@H]3O[C@@H](OCCc4ccc(O)cc4)[C@H](O)[C@@H](O)[C@@H]3O)O[C@H]2C)ccc1O. The number of ether oxygens (including phenoxy) is 8. The highest BCUT2D eigenvalue weighted by atomic mass is 16.7. The van der Waals surface area contributed by atoms with E-state index in [-0.39, 0.29) is 29.4 Å². The number of hydrogen-bond acceptors (Lipinski definition) is 18. The van der Waals surface area contributed by atoms with E-state index in [0.29, 0.717) is 6.42 Å². The summed E-state index contributed by atoms with van der Waals surface area (Å²) in [5, 5.41) is 93.1. The van der Waals surface area contributed by atoms with Crippen LogP contribution in [0.5, 0.6) is 17.2 Å². The van der Waals surface area contributed by atoms with Gasteiger partial charge >= 0.3 is 5.97 Å². The maximum atomic E-state index is 13.2. The van der Waals surface area contributed by atoms with Crippen molar-refractivity contribution in [1.29, 1.82) is 0 Å². The van der Waals surface area contributed by atoms with Crippen LogP contribution in [0, 0.1) is 0 Å². The number of rotatable bonds is 12. The number of aromatic hydroxyl groups is 2. The van der Waals surface area contributed by atoms with Gasteiger partial charge in [0.15, 0.2) is 36.5 Å². The Balaban J connectivity index is 1.27. The van der Waals surface area contributed by atoms with E-state index in [1.807, 2.05) is 0 Å². The molecule has 0 aliphatic carbocycles. The van der Waals surface area contributed by atoms with Gasteiger partial charge in [0.25, 0.3) is 0 Å². The second-order valence-electron chi connectivity index (χ2n) is 12.4. The van der Waals surface area contributed by atoms with Crippen molar-refractivity contribution in [2.45, 2.75) is 99.4 Å².